The summed E-state index contributed by atoms with van der Waals surface area (Å²) in [6, 6.07) is 5.35. The summed E-state index contributed by atoms with van der Waals surface area (Å²) in [6.45, 7) is 3.44. The molecule has 3 amide bonds. The molecule has 1 unspecified atom stereocenters. The quantitative estimate of drug-likeness (QED) is 0.641. The van der Waals surface area contributed by atoms with Gasteiger partial charge in [0.15, 0.2) is 0 Å². The summed E-state index contributed by atoms with van der Waals surface area (Å²) in [5, 5.41) is 17.1. The van der Waals surface area contributed by atoms with Crippen LogP contribution in [0.4, 0.5) is 10.5 Å². The van der Waals surface area contributed by atoms with E-state index in [1.54, 1.807) is 32.0 Å². The molecule has 4 N–H and O–H groups in total. The first kappa shape index (κ1) is 16.8. The second-order valence-corrected chi connectivity index (χ2v) is 5.99. The van der Waals surface area contributed by atoms with Crippen molar-refractivity contribution in [2.24, 2.45) is 5.92 Å². The third-order valence-corrected chi connectivity index (χ3v) is 3.51. The molecule has 1 aromatic rings. The van der Waals surface area contributed by atoms with E-state index in [-0.39, 0.29) is 18.0 Å². The summed E-state index contributed by atoms with van der Waals surface area (Å²) in [5.41, 5.74) is 0.772. The molecule has 0 saturated heterocycles. The maximum absolute atomic E-state index is 12.2. The van der Waals surface area contributed by atoms with Crippen molar-refractivity contribution in [3.05, 3.63) is 29.8 Å². The third kappa shape index (κ3) is 4.98. The van der Waals surface area contributed by atoms with E-state index in [1.165, 1.54) is 6.07 Å². The van der Waals surface area contributed by atoms with Crippen LogP contribution in [0.25, 0.3) is 0 Å². The highest BCUT2D eigenvalue weighted by Gasteiger charge is 2.25. The summed E-state index contributed by atoms with van der Waals surface area (Å²) in [5.74, 6) is -1.80. The highest BCUT2D eigenvalue weighted by Crippen LogP contribution is 2.19. The summed E-state index contributed by atoms with van der Waals surface area (Å²) in [6.07, 6.45) is 1.98. The summed E-state index contributed by atoms with van der Waals surface area (Å²) in [7, 11) is 0. The standard InChI is InChI=1S/C16H21N3O4/c1-9(2)13(15(21)22)19-14(20)10-4-3-5-12(8-10)18-16(23)17-11-6-7-11/h3-5,8-9,11,13H,6-7H2,1-2H3,(H,19,20)(H,21,22)(H2,17,18,23). The molecular formula is C16H21N3O4. The minimum absolute atomic E-state index is 0.234. The van der Waals surface area contributed by atoms with Crippen LogP contribution in [-0.2, 0) is 4.79 Å². The highest BCUT2D eigenvalue weighted by molar-refractivity contribution is 5.98. The van der Waals surface area contributed by atoms with Crippen molar-refractivity contribution in [1.29, 1.82) is 0 Å². The number of benzene rings is 1. The van der Waals surface area contributed by atoms with Crippen molar-refractivity contribution in [1.82, 2.24) is 10.6 Å². The number of carboxylic acid groups (broad SMARTS) is 1. The number of rotatable bonds is 6. The molecule has 0 aliphatic heterocycles. The van der Waals surface area contributed by atoms with E-state index < -0.39 is 17.9 Å². The molecule has 1 aliphatic rings. The molecule has 23 heavy (non-hydrogen) atoms. The van der Waals surface area contributed by atoms with Crippen LogP contribution in [0.3, 0.4) is 0 Å². The van der Waals surface area contributed by atoms with E-state index >= 15 is 0 Å². The van der Waals surface area contributed by atoms with Gasteiger partial charge in [0.25, 0.3) is 5.91 Å². The van der Waals surface area contributed by atoms with Gasteiger partial charge in [-0.2, -0.15) is 0 Å². The topological polar surface area (TPSA) is 108 Å². The molecule has 1 saturated carbocycles. The van der Waals surface area contributed by atoms with Crippen molar-refractivity contribution in [3.8, 4) is 0 Å². The molecule has 124 valence electrons. The van der Waals surface area contributed by atoms with Crippen molar-refractivity contribution in [3.63, 3.8) is 0 Å². The maximum atomic E-state index is 12.2. The molecule has 7 nitrogen and oxygen atoms in total. The van der Waals surface area contributed by atoms with Gasteiger partial charge in [-0.3, -0.25) is 4.79 Å². The minimum Gasteiger partial charge on any atom is -0.480 e. The lowest BCUT2D eigenvalue weighted by atomic mass is 10.0. The number of anilines is 1. The van der Waals surface area contributed by atoms with Crippen LogP contribution < -0.4 is 16.0 Å². The van der Waals surface area contributed by atoms with E-state index in [4.69, 9.17) is 5.11 Å². The van der Waals surface area contributed by atoms with Gasteiger partial charge in [0.2, 0.25) is 0 Å². The van der Waals surface area contributed by atoms with Gasteiger partial charge in [-0.25, -0.2) is 9.59 Å². The Balaban J connectivity index is 2.01. The highest BCUT2D eigenvalue weighted by atomic mass is 16.4. The van der Waals surface area contributed by atoms with Gasteiger partial charge in [-0.15, -0.1) is 0 Å². The minimum atomic E-state index is -1.08. The molecule has 1 fully saturated rings. The SMILES string of the molecule is CC(C)C(NC(=O)c1cccc(NC(=O)NC2CC2)c1)C(=O)O. The van der Waals surface area contributed by atoms with Gasteiger partial charge in [0.1, 0.15) is 6.04 Å². The Morgan fingerprint density at radius 3 is 2.48 bits per heavy atom. The van der Waals surface area contributed by atoms with Crippen LogP contribution >= 0.6 is 0 Å². The van der Waals surface area contributed by atoms with E-state index in [2.05, 4.69) is 16.0 Å². The Bertz CT molecular complexity index is 611. The Morgan fingerprint density at radius 1 is 1.22 bits per heavy atom. The smallest absolute Gasteiger partial charge is 0.326 e. The first-order valence-corrected chi connectivity index (χ1v) is 7.58. The lowest BCUT2D eigenvalue weighted by molar-refractivity contribution is -0.140. The lowest BCUT2D eigenvalue weighted by Gasteiger charge is -2.18. The predicted molar refractivity (Wildman–Crippen MR) is 85.3 cm³/mol. The molecule has 0 heterocycles. The van der Waals surface area contributed by atoms with Crippen molar-refractivity contribution >= 4 is 23.6 Å². The van der Waals surface area contributed by atoms with E-state index in [9.17, 15) is 14.4 Å². The second kappa shape index (κ2) is 7.13. The zero-order valence-electron chi connectivity index (χ0n) is 13.1. The Kier molecular flexibility index (Phi) is 5.20. The number of carbonyl (C=O) groups excluding carboxylic acids is 2. The molecule has 0 spiro atoms. The van der Waals surface area contributed by atoms with Gasteiger partial charge in [0, 0.05) is 17.3 Å². The normalized spacial score (nSPS) is 14.9. The zero-order valence-corrected chi connectivity index (χ0v) is 13.1. The number of amides is 3. The largest absolute Gasteiger partial charge is 0.480 e. The Hall–Kier alpha value is -2.57. The fourth-order valence-electron chi connectivity index (χ4n) is 2.06. The molecule has 1 atom stereocenters. The molecule has 1 aliphatic carbocycles. The number of nitrogens with one attached hydrogen (secondary N) is 3. The van der Waals surface area contributed by atoms with Crippen LogP contribution in [0.1, 0.15) is 37.0 Å². The van der Waals surface area contributed by atoms with Crippen LogP contribution in [0.5, 0.6) is 0 Å². The van der Waals surface area contributed by atoms with Gasteiger partial charge < -0.3 is 21.1 Å². The monoisotopic (exact) mass is 319 g/mol. The second-order valence-electron chi connectivity index (χ2n) is 5.99. The summed E-state index contributed by atoms with van der Waals surface area (Å²) in [4.78, 5) is 35.0. The van der Waals surface area contributed by atoms with Crippen LogP contribution in [0.15, 0.2) is 24.3 Å². The van der Waals surface area contributed by atoms with Gasteiger partial charge in [-0.05, 0) is 37.0 Å². The molecule has 0 radical (unpaired) electrons. The summed E-state index contributed by atoms with van der Waals surface area (Å²) >= 11 is 0. The number of hydrogen-bond donors (Lipinski definition) is 4. The third-order valence-electron chi connectivity index (χ3n) is 3.51. The van der Waals surface area contributed by atoms with E-state index in [0.29, 0.717) is 11.3 Å². The predicted octanol–water partition coefficient (Wildman–Crippen LogP) is 1.81. The molecule has 0 aromatic heterocycles. The number of aliphatic carboxylic acids is 1. The van der Waals surface area contributed by atoms with Crippen LogP contribution in [-0.4, -0.2) is 35.1 Å². The molecule has 1 aromatic carbocycles. The van der Waals surface area contributed by atoms with Gasteiger partial charge in [0.05, 0.1) is 0 Å². The number of carboxylic acids is 1. The van der Waals surface area contributed by atoms with Gasteiger partial charge >= 0.3 is 12.0 Å². The number of hydrogen-bond acceptors (Lipinski definition) is 3. The average molecular weight is 319 g/mol. The van der Waals surface area contributed by atoms with Crippen LogP contribution in [0.2, 0.25) is 0 Å². The first-order valence-electron chi connectivity index (χ1n) is 7.58. The molecule has 7 heteroatoms. The average Bonchev–Trinajstić information content (AvgIpc) is 3.27. The number of carbonyl (C=O) groups is 3. The zero-order chi connectivity index (χ0) is 17.0. The van der Waals surface area contributed by atoms with Crippen molar-refractivity contribution in [2.75, 3.05) is 5.32 Å². The van der Waals surface area contributed by atoms with Crippen LogP contribution in [0, 0.1) is 5.92 Å². The number of urea groups is 1. The Morgan fingerprint density at radius 2 is 1.91 bits per heavy atom. The van der Waals surface area contributed by atoms with Gasteiger partial charge in [-0.1, -0.05) is 19.9 Å². The lowest BCUT2D eigenvalue weighted by Crippen LogP contribution is -2.44. The Labute approximate surface area is 134 Å². The van der Waals surface area contributed by atoms with Crippen molar-refractivity contribution < 1.29 is 19.5 Å². The fraction of sp³-hybridized carbons (Fsp3) is 0.438. The fourth-order valence-corrected chi connectivity index (χ4v) is 2.06. The molecule has 0 bridgehead atoms. The summed E-state index contributed by atoms with van der Waals surface area (Å²) < 4.78 is 0. The van der Waals surface area contributed by atoms with E-state index in [1.807, 2.05) is 0 Å². The first-order chi connectivity index (χ1) is 10.9. The van der Waals surface area contributed by atoms with E-state index in [0.717, 1.165) is 12.8 Å². The molecule has 2 rings (SSSR count). The van der Waals surface area contributed by atoms with Crippen molar-refractivity contribution in [2.45, 2.75) is 38.8 Å². The molecular weight excluding hydrogens is 298 g/mol. The maximum Gasteiger partial charge on any atom is 0.326 e.